The number of hydrogen-bond acceptors (Lipinski definition) is 3. The van der Waals surface area contributed by atoms with E-state index < -0.39 is 17.6 Å². The molecule has 1 rings (SSSR count). The van der Waals surface area contributed by atoms with Crippen molar-refractivity contribution in [3.05, 3.63) is 35.4 Å². The predicted octanol–water partition coefficient (Wildman–Crippen LogP) is 1.93. The summed E-state index contributed by atoms with van der Waals surface area (Å²) < 4.78 is 42.2. The molecule has 0 spiro atoms. The zero-order valence-electron chi connectivity index (χ0n) is 12.9. The van der Waals surface area contributed by atoms with Crippen molar-refractivity contribution in [1.29, 1.82) is 0 Å². The number of amides is 2. The molecule has 0 fully saturated rings. The van der Waals surface area contributed by atoms with Gasteiger partial charge in [-0.1, -0.05) is 0 Å². The maximum Gasteiger partial charge on any atom is 0.416 e. The molecule has 8 heteroatoms. The first-order valence-corrected chi connectivity index (χ1v) is 6.95. The van der Waals surface area contributed by atoms with Gasteiger partial charge in [-0.15, -0.1) is 0 Å². The van der Waals surface area contributed by atoms with E-state index in [0.717, 1.165) is 24.3 Å². The molecule has 0 atom stereocenters. The van der Waals surface area contributed by atoms with Gasteiger partial charge in [0.05, 0.1) is 12.2 Å². The van der Waals surface area contributed by atoms with Crippen LogP contribution < -0.4 is 5.32 Å². The van der Waals surface area contributed by atoms with Gasteiger partial charge in [0.1, 0.15) is 0 Å². The van der Waals surface area contributed by atoms with Gasteiger partial charge in [-0.05, 0) is 24.3 Å². The number of nitrogens with zero attached hydrogens (tertiary/aromatic N) is 1. The molecule has 2 amide bonds. The number of carbonyl (C=O) groups excluding carboxylic acids is 2. The number of rotatable bonds is 7. The number of ether oxygens (including phenoxy) is 1. The maximum atomic E-state index is 12.4. The van der Waals surface area contributed by atoms with Crippen LogP contribution in [0.3, 0.4) is 0 Å². The monoisotopic (exact) mass is 332 g/mol. The van der Waals surface area contributed by atoms with Crippen LogP contribution in [0.2, 0.25) is 0 Å². The van der Waals surface area contributed by atoms with Gasteiger partial charge in [-0.25, -0.2) is 0 Å². The summed E-state index contributed by atoms with van der Waals surface area (Å²) in [5, 5.41) is 2.56. The van der Waals surface area contributed by atoms with Gasteiger partial charge >= 0.3 is 6.18 Å². The highest BCUT2D eigenvalue weighted by Gasteiger charge is 2.30. The van der Waals surface area contributed by atoms with Crippen molar-refractivity contribution in [3.63, 3.8) is 0 Å². The van der Waals surface area contributed by atoms with Crippen LogP contribution in [0.1, 0.15) is 22.8 Å². The fourth-order valence-corrected chi connectivity index (χ4v) is 1.85. The lowest BCUT2D eigenvalue weighted by Gasteiger charge is -2.20. The van der Waals surface area contributed by atoms with Crippen molar-refractivity contribution in [2.45, 2.75) is 13.1 Å². The third-order valence-electron chi connectivity index (χ3n) is 3.15. The Hall–Kier alpha value is -2.09. The Kier molecular flexibility index (Phi) is 7.02. The molecule has 128 valence electrons. The smallest absolute Gasteiger partial charge is 0.383 e. The molecule has 0 aliphatic heterocycles. The van der Waals surface area contributed by atoms with Gasteiger partial charge in [0.15, 0.2) is 0 Å². The lowest BCUT2D eigenvalue weighted by atomic mass is 10.1. The molecule has 0 saturated heterocycles. The van der Waals surface area contributed by atoms with E-state index in [-0.39, 0.29) is 18.0 Å². The Morgan fingerprint density at radius 1 is 1.17 bits per heavy atom. The molecule has 23 heavy (non-hydrogen) atoms. The molecule has 0 radical (unpaired) electrons. The van der Waals surface area contributed by atoms with E-state index in [1.165, 1.54) is 18.9 Å². The molecule has 5 nitrogen and oxygen atoms in total. The van der Waals surface area contributed by atoms with Gasteiger partial charge < -0.3 is 15.0 Å². The maximum absolute atomic E-state index is 12.4. The van der Waals surface area contributed by atoms with E-state index in [1.54, 1.807) is 0 Å². The molecule has 0 bridgehead atoms. The standard InChI is InChI=1S/C15H19F3N2O3/c1-11(21)20(9-10-23-2)8-7-19-14(22)12-3-5-13(6-4-12)15(16,17)18/h3-6H,7-10H2,1-2H3,(H,19,22). The van der Waals surface area contributed by atoms with Crippen LogP contribution >= 0.6 is 0 Å². The van der Waals surface area contributed by atoms with Crippen molar-refractivity contribution in [3.8, 4) is 0 Å². The van der Waals surface area contributed by atoms with Crippen LogP contribution in [0.15, 0.2) is 24.3 Å². The number of hydrogen-bond donors (Lipinski definition) is 1. The van der Waals surface area contributed by atoms with E-state index >= 15 is 0 Å². The molecule has 0 aliphatic carbocycles. The summed E-state index contributed by atoms with van der Waals surface area (Å²) in [4.78, 5) is 24.7. The van der Waals surface area contributed by atoms with E-state index in [1.807, 2.05) is 0 Å². The average molecular weight is 332 g/mol. The van der Waals surface area contributed by atoms with Crippen LogP contribution in [0.4, 0.5) is 13.2 Å². The van der Waals surface area contributed by atoms with E-state index in [0.29, 0.717) is 19.7 Å². The first-order chi connectivity index (χ1) is 10.8. The summed E-state index contributed by atoms with van der Waals surface area (Å²) in [6.45, 7) is 2.69. The third-order valence-corrected chi connectivity index (χ3v) is 3.15. The Labute approximate surface area is 132 Å². The van der Waals surface area contributed by atoms with Gasteiger partial charge in [0, 0.05) is 39.2 Å². The Morgan fingerprint density at radius 2 is 1.78 bits per heavy atom. The van der Waals surface area contributed by atoms with Crippen molar-refractivity contribution in [1.82, 2.24) is 10.2 Å². The number of methoxy groups -OCH3 is 1. The Morgan fingerprint density at radius 3 is 2.26 bits per heavy atom. The second-order valence-electron chi connectivity index (χ2n) is 4.83. The topological polar surface area (TPSA) is 58.6 Å². The molecule has 0 saturated carbocycles. The number of nitrogens with one attached hydrogen (secondary N) is 1. The molecule has 1 N–H and O–H groups in total. The zero-order valence-corrected chi connectivity index (χ0v) is 12.9. The lowest BCUT2D eigenvalue weighted by Crippen LogP contribution is -2.39. The van der Waals surface area contributed by atoms with Gasteiger partial charge in [-0.2, -0.15) is 13.2 Å². The average Bonchev–Trinajstić information content (AvgIpc) is 2.49. The minimum Gasteiger partial charge on any atom is -0.383 e. The number of halogens is 3. The Balaban J connectivity index is 2.51. The molecule has 0 aliphatic rings. The van der Waals surface area contributed by atoms with Crippen LogP contribution in [0.5, 0.6) is 0 Å². The highest BCUT2D eigenvalue weighted by molar-refractivity contribution is 5.94. The van der Waals surface area contributed by atoms with Crippen LogP contribution in [-0.4, -0.2) is 50.1 Å². The van der Waals surface area contributed by atoms with E-state index in [2.05, 4.69) is 5.32 Å². The van der Waals surface area contributed by atoms with Crippen molar-refractivity contribution in [2.24, 2.45) is 0 Å². The quantitative estimate of drug-likeness (QED) is 0.830. The van der Waals surface area contributed by atoms with Crippen molar-refractivity contribution >= 4 is 11.8 Å². The van der Waals surface area contributed by atoms with E-state index in [9.17, 15) is 22.8 Å². The predicted molar refractivity (Wildman–Crippen MR) is 77.9 cm³/mol. The zero-order chi connectivity index (χ0) is 17.5. The molecule has 1 aromatic carbocycles. The number of carbonyl (C=O) groups is 2. The van der Waals surface area contributed by atoms with Crippen molar-refractivity contribution < 1.29 is 27.5 Å². The van der Waals surface area contributed by atoms with Crippen LogP contribution in [0.25, 0.3) is 0 Å². The molecule has 0 heterocycles. The summed E-state index contributed by atoms with van der Waals surface area (Å²) >= 11 is 0. The minimum atomic E-state index is -4.43. The number of alkyl halides is 3. The van der Waals surface area contributed by atoms with Crippen LogP contribution in [0, 0.1) is 0 Å². The molecule has 0 aromatic heterocycles. The minimum absolute atomic E-state index is 0.129. The summed E-state index contributed by atoms with van der Waals surface area (Å²) in [6, 6.07) is 3.95. The SMILES string of the molecule is COCCN(CCNC(=O)c1ccc(C(F)(F)F)cc1)C(C)=O. The molecule has 1 aromatic rings. The second-order valence-corrected chi connectivity index (χ2v) is 4.83. The first-order valence-electron chi connectivity index (χ1n) is 6.95. The summed E-state index contributed by atoms with van der Waals surface area (Å²) in [5.74, 6) is -0.639. The summed E-state index contributed by atoms with van der Waals surface area (Å²) in [6.07, 6.45) is -4.43. The molecule has 0 unspecified atom stereocenters. The van der Waals surface area contributed by atoms with E-state index in [4.69, 9.17) is 4.74 Å². The van der Waals surface area contributed by atoms with Crippen LogP contribution in [-0.2, 0) is 15.7 Å². The highest BCUT2D eigenvalue weighted by atomic mass is 19.4. The largest absolute Gasteiger partial charge is 0.416 e. The number of benzene rings is 1. The first kappa shape index (κ1) is 19.0. The highest BCUT2D eigenvalue weighted by Crippen LogP contribution is 2.28. The summed E-state index contributed by atoms with van der Waals surface area (Å²) in [7, 11) is 1.52. The normalized spacial score (nSPS) is 11.2. The fraction of sp³-hybridized carbons (Fsp3) is 0.467. The lowest BCUT2D eigenvalue weighted by molar-refractivity contribution is -0.137. The van der Waals surface area contributed by atoms with Crippen molar-refractivity contribution in [2.75, 3.05) is 33.4 Å². The second kappa shape index (κ2) is 8.52. The Bertz CT molecular complexity index is 530. The van der Waals surface area contributed by atoms with Gasteiger partial charge in [0.25, 0.3) is 5.91 Å². The van der Waals surface area contributed by atoms with Gasteiger partial charge in [-0.3, -0.25) is 9.59 Å². The summed E-state index contributed by atoms with van der Waals surface area (Å²) in [5.41, 5.74) is -0.680. The molecular formula is C15H19F3N2O3. The van der Waals surface area contributed by atoms with Gasteiger partial charge in [0.2, 0.25) is 5.91 Å². The third kappa shape index (κ3) is 6.27. The fourth-order valence-electron chi connectivity index (χ4n) is 1.85. The molecular weight excluding hydrogens is 313 g/mol.